The third-order valence-corrected chi connectivity index (χ3v) is 6.42. The molecule has 0 heterocycles. The Labute approximate surface area is 183 Å². The highest BCUT2D eigenvalue weighted by Gasteiger charge is 2.21. The first-order valence-corrected chi connectivity index (χ1v) is 11.0. The van der Waals surface area contributed by atoms with Crippen molar-refractivity contribution < 1.29 is 17.6 Å². The zero-order chi connectivity index (χ0) is 22.1. The molecule has 9 heteroatoms. The number of hydrogen-bond acceptors (Lipinski definition) is 3. The van der Waals surface area contributed by atoms with Gasteiger partial charge in [-0.2, -0.15) is 0 Å². The van der Waals surface area contributed by atoms with Gasteiger partial charge in [0, 0.05) is 11.3 Å². The molecule has 3 aromatic rings. The van der Waals surface area contributed by atoms with Crippen LogP contribution in [0.2, 0.25) is 10.0 Å². The number of carbonyl (C=O) groups excluding carboxylic acids is 1. The minimum absolute atomic E-state index is 0.0337. The normalized spacial score (nSPS) is 11.2. The minimum atomic E-state index is -4.05. The molecule has 0 aromatic heterocycles. The van der Waals surface area contributed by atoms with Crippen molar-refractivity contribution >= 4 is 50.5 Å². The molecule has 0 spiro atoms. The number of carbonyl (C=O) groups is 1. The average molecular weight is 467 g/mol. The fourth-order valence-electron chi connectivity index (χ4n) is 2.76. The lowest BCUT2D eigenvalue weighted by Crippen LogP contribution is -2.17. The summed E-state index contributed by atoms with van der Waals surface area (Å²) < 4.78 is 41.6. The second kappa shape index (κ2) is 8.63. The summed E-state index contributed by atoms with van der Waals surface area (Å²) in [7, 11) is -4.05. The van der Waals surface area contributed by atoms with E-state index in [1.54, 1.807) is 19.1 Å². The van der Waals surface area contributed by atoms with Crippen LogP contribution in [0.25, 0.3) is 0 Å². The number of benzene rings is 3. The molecule has 0 atom stereocenters. The Morgan fingerprint density at radius 3 is 2.33 bits per heavy atom. The smallest absolute Gasteiger partial charge is 0.263 e. The van der Waals surface area contributed by atoms with Gasteiger partial charge in [0.1, 0.15) is 10.7 Å². The lowest BCUT2D eigenvalue weighted by molar-refractivity contribution is 0.102. The summed E-state index contributed by atoms with van der Waals surface area (Å²) in [6, 6.07) is 12.9. The summed E-state index contributed by atoms with van der Waals surface area (Å²) in [5, 5.41) is 2.36. The van der Waals surface area contributed by atoms with Crippen LogP contribution in [-0.2, 0) is 10.0 Å². The maximum absolute atomic E-state index is 13.3. The largest absolute Gasteiger partial charge is 0.322 e. The Kier molecular flexibility index (Phi) is 6.36. The van der Waals surface area contributed by atoms with Gasteiger partial charge >= 0.3 is 0 Å². The average Bonchev–Trinajstić information content (AvgIpc) is 2.67. The molecule has 0 saturated heterocycles. The van der Waals surface area contributed by atoms with Crippen LogP contribution in [0.4, 0.5) is 15.8 Å². The van der Waals surface area contributed by atoms with Gasteiger partial charge in [-0.1, -0.05) is 40.9 Å². The predicted molar refractivity (Wildman–Crippen MR) is 118 cm³/mol. The first-order valence-electron chi connectivity index (χ1n) is 8.73. The first-order chi connectivity index (χ1) is 14.1. The fourth-order valence-corrected chi connectivity index (χ4v) is 4.59. The summed E-state index contributed by atoms with van der Waals surface area (Å²) in [4.78, 5) is 12.3. The van der Waals surface area contributed by atoms with Gasteiger partial charge in [-0.05, 0) is 61.9 Å². The molecule has 0 aliphatic rings. The highest BCUT2D eigenvalue weighted by atomic mass is 35.5. The highest BCUT2D eigenvalue weighted by molar-refractivity contribution is 7.92. The molecular weight excluding hydrogens is 450 g/mol. The second-order valence-corrected chi connectivity index (χ2v) is 9.12. The zero-order valence-electron chi connectivity index (χ0n) is 16.0. The van der Waals surface area contributed by atoms with Crippen molar-refractivity contribution in [2.24, 2.45) is 0 Å². The van der Waals surface area contributed by atoms with Crippen LogP contribution in [-0.4, -0.2) is 14.3 Å². The summed E-state index contributed by atoms with van der Waals surface area (Å²) in [5.74, 6) is -1.22. The van der Waals surface area contributed by atoms with Gasteiger partial charge in [0.25, 0.3) is 15.9 Å². The van der Waals surface area contributed by atoms with E-state index >= 15 is 0 Å². The van der Waals surface area contributed by atoms with E-state index in [-0.39, 0.29) is 26.2 Å². The van der Waals surface area contributed by atoms with Crippen LogP contribution >= 0.6 is 23.2 Å². The van der Waals surface area contributed by atoms with Gasteiger partial charge in [-0.15, -0.1) is 0 Å². The topological polar surface area (TPSA) is 75.3 Å². The molecule has 0 unspecified atom stereocenters. The molecule has 5 nitrogen and oxygen atoms in total. The molecule has 0 aliphatic carbocycles. The molecule has 0 aliphatic heterocycles. The molecule has 0 fully saturated rings. The van der Waals surface area contributed by atoms with Crippen LogP contribution in [0.5, 0.6) is 0 Å². The molecular formula is C21H17Cl2FN2O3S. The van der Waals surface area contributed by atoms with E-state index in [0.29, 0.717) is 5.69 Å². The quantitative estimate of drug-likeness (QED) is 0.498. The van der Waals surface area contributed by atoms with Crippen molar-refractivity contribution in [3.05, 3.63) is 87.2 Å². The fraction of sp³-hybridized carbons (Fsp3) is 0.0952. The Morgan fingerprint density at radius 1 is 0.933 bits per heavy atom. The molecule has 3 aromatic carbocycles. The number of aryl methyl sites for hydroxylation is 2. The number of anilines is 2. The third-order valence-electron chi connectivity index (χ3n) is 4.29. The van der Waals surface area contributed by atoms with E-state index in [0.717, 1.165) is 17.2 Å². The van der Waals surface area contributed by atoms with Crippen molar-refractivity contribution in [3.8, 4) is 0 Å². The molecule has 0 saturated carbocycles. The molecule has 3 rings (SSSR count). The number of nitrogens with one attached hydrogen (secondary N) is 2. The summed E-state index contributed by atoms with van der Waals surface area (Å²) in [5.41, 5.74) is 2.47. The third kappa shape index (κ3) is 4.92. The van der Waals surface area contributed by atoms with Crippen LogP contribution in [0.15, 0.2) is 59.5 Å². The van der Waals surface area contributed by atoms with E-state index in [4.69, 9.17) is 23.2 Å². The van der Waals surface area contributed by atoms with Gasteiger partial charge in [0.05, 0.1) is 15.7 Å². The van der Waals surface area contributed by atoms with E-state index in [1.165, 1.54) is 30.3 Å². The monoisotopic (exact) mass is 466 g/mol. The lowest BCUT2D eigenvalue weighted by Gasteiger charge is -2.13. The highest BCUT2D eigenvalue weighted by Crippen LogP contribution is 2.27. The van der Waals surface area contributed by atoms with E-state index in [2.05, 4.69) is 10.0 Å². The van der Waals surface area contributed by atoms with E-state index < -0.39 is 21.7 Å². The van der Waals surface area contributed by atoms with Crippen molar-refractivity contribution in [3.63, 3.8) is 0 Å². The lowest BCUT2D eigenvalue weighted by atomic mass is 10.1. The van der Waals surface area contributed by atoms with Crippen molar-refractivity contribution in [1.29, 1.82) is 0 Å². The van der Waals surface area contributed by atoms with Gasteiger partial charge < -0.3 is 5.32 Å². The van der Waals surface area contributed by atoms with E-state index in [1.807, 2.05) is 13.0 Å². The number of sulfonamides is 1. The van der Waals surface area contributed by atoms with Crippen molar-refractivity contribution in [2.45, 2.75) is 18.7 Å². The maximum Gasteiger partial charge on any atom is 0.263 e. The maximum atomic E-state index is 13.3. The van der Waals surface area contributed by atoms with Crippen molar-refractivity contribution in [2.75, 3.05) is 10.0 Å². The van der Waals surface area contributed by atoms with Gasteiger partial charge in [-0.25, -0.2) is 12.8 Å². The minimum Gasteiger partial charge on any atom is -0.322 e. The molecule has 0 bridgehead atoms. The number of rotatable bonds is 5. The standard InChI is InChI=1S/C21H17Cl2FN2O3S/c1-12-3-8-19(13(2)9-12)26-30(28,29)20-10-14(4-6-16(20)22)21(27)25-15-5-7-18(24)17(23)11-15/h3-11,26H,1-2H3,(H,25,27). The summed E-state index contributed by atoms with van der Waals surface area (Å²) in [6.45, 7) is 3.68. The van der Waals surface area contributed by atoms with Crippen LogP contribution in [0, 0.1) is 19.7 Å². The summed E-state index contributed by atoms with van der Waals surface area (Å²) in [6.07, 6.45) is 0. The Hall–Kier alpha value is -2.61. The van der Waals surface area contributed by atoms with Crippen LogP contribution in [0.3, 0.4) is 0 Å². The van der Waals surface area contributed by atoms with E-state index in [9.17, 15) is 17.6 Å². The zero-order valence-corrected chi connectivity index (χ0v) is 18.3. The van der Waals surface area contributed by atoms with Crippen molar-refractivity contribution in [1.82, 2.24) is 0 Å². The SMILES string of the molecule is Cc1ccc(NS(=O)(=O)c2cc(C(=O)Nc3ccc(F)c(Cl)c3)ccc2Cl)c(C)c1. The number of amides is 1. The van der Waals surface area contributed by atoms with Crippen LogP contribution in [0.1, 0.15) is 21.5 Å². The second-order valence-electron chi connectivity index (χ2n) is 6.65. The van der Waals surface area contributed by atoms with Gasteiger partial charge in [-0.3, -0.25) is 9.52 Å². The number of halogens is 3. The summed E-state index contributed by atoms with van der Waals surface area (Å²) >= 11 is 11.8. The molecule has 2 N–H and O–H groups in total. The first kappa shape index (κ1) is 22.1. The molecule has 30 heavy (non-hydrogen) atoms. The molecule has 0 radical (unpaired) electrons. The Morgan fingerprint density at radius 2 is 1.67 bits per heavy atom. The Balaban J connectivity index is 1.89. The van der Waals surface area contributed by atoms with Crippen LogP contribution < -0.4 is 10.0 Å². The number of hydrogen-bond donors (Lipinski definition) is 2. The predicted octanol–water partition coefficient (Wildman–Crippen LogP) is 5.80. The van der Waals surface area contributed by atoms with Gasteiger partial charge in [0.2, 0.25) is 0 Å². The Bertz CT molecular complexity index is 1250. The molecule has 156 valence electrons. The van der Waals surface area contributed by atoms with Gasteiger partial charge in [0.15, 0.2) is 0 Å². The molecule has 1 amide bonds.